The maximum Gasteiger partial charge on any atom is 0.124 e. The third-order valence-electron chi connectivity index (χ3n) is 5.68. The van der Waals surface area contributed by atoms with Crippen LogP contribution in [0, 0.1) is 16.6 Å². The SMILES string of the molecule is CC1(C)C(C)(C)C12CNc1c(Br)cc(F)cc12. The standard InChI is InChI=1S/C14H17BrFN/c1-12(2)13(3,4)14(12)7-17-11-9(14)5-8(16)6-10(11)15/h5-6,17H,7H2,1-4H3. The van der Waals surface area contributed by atoms with Gasteiger partial charge in [-0.25, -0.2) is 4.39 Å². The van der Waals surface area contributed by atoms with Gasteiger partial charge in [0.2, 0.25) is 0 Å². The molecule has 0 saturated heterocycles. The van der Waals surface area contributed by atoms with Crippen molar-refractivity contribution in [2.45, 2.75) is 33.1 Å². The molecule has 0 bridgehead atoms. The van der Waals surface area contributed by atoms with Gasteiger partial charge in [-0.1, -0.05) is 27.7 Å². The van der Waals surface area contributed by atoms with Gasteiger partial charge < -0.3 is 5.32 Å². The summed E-state index contributed by atoms with van der Waals surface area (Å²) in [5, 5.41) is 3.45. The molecule has 1 saturated carbocycles. The number of hydrogen-bond donors (Lipinski definition) is 1. The van der Waals surface area contributed by atoms with Crippen molar-refractivity contribution in [2.75, 3.05) is 11.9 Å². The number of nitrogens with one attached hydrogen (secondary N) is 1. The highest BCUT2D eigenvalue weighted by molar-refractivity contribution is 9.10. The van der Waals surface area contributed by atoms with Crippen LogP contribution in [-0.2, 0) is 5.41 Å². The number of rotatable bonds is 0. The van der Waals surface area contributed by atoms with Gasteiger partial charge in [0.15, 0.2) is 0 Å². The van der Waals surface area contributed by atoms with Crippen LogP contribution in [-0.4, -0.2) is 6.54 Å². The molecule has 3 heteroatoms. The molecular weight excluding hydrogens is 281 g/mol. The van der Waals surface area contributed by atoms with Crippen molar-refractivity contribution in [1.82, 2.24) is 0 Å². The first-order valence-corrected chi connectivity index (χ1v) is 6.78. The van der Waals surface area contributed by atoms with E-state index in [-0.39, 0.29) is 22.1 Å². The summed E-state index contributed by atoms with van der Waals surface area (Å²) in [6.45, 7) is 10.0. The Hall–Kier alpha value is -0.570. The fraction of sp³-hybridized carbons (Fsp3) is 0.571. The summed E-state index contributed by atoms with van der Waals surface area (Å²) >= 11 is 3.45. The Balaban J connectivity index is 2.25. The minimum Gasteiger partial charge on any atom is -0.383 e. The first-order valence-electron chi connectivity index (χ1n) is 5.99. The van der Waals surface area contributed by atoms with Crippen molar-refractivity contribution in [3.05, 3.63) is 28.0 Å². The molecule has 3 rings (SSSR count). The van der Waals surface area contributed by atoms with Crippen LogP contribution in [0.5, 0.6) is 0 Å². The van der Waals surface area contributed by atoms with E-state index in [1.54, 1.807) is 6.07 Å². The molecule has 0 amide bonds. The molecule has 0 aromatic heterocycles. The maximum absolute atomic E-state index is 13.6. The normalized spacial score (nSPS) is 25.5. The predicted molar refractivity (Wildman–Crippen MR) is 71.8 cm³/mol. The summed E-state index contributed by atoms with van der Waals surface area (Å²) < 4.78 is 14.5. The zero-order valence-electron chi connectivity index (χ0n) is 10.6. The second-order valence-corrected chi connectivity index (χ2v) is 7.17. The Kier molecular flexibility index (Phi) is 1.95. The molecule has 1 aliphatic heterocycles. The van der Waals surface area contributed by atoms with E-state index >= 15 is 0 Å². The van der Waals surface area contributed by atoms with E-state index in [0.29, 0.717) is 0 Å². The Morgan fingerprint density at radius 1 is 1.18 bits per heavy atom. The molecule has 0 radical (unpaired) electrons. The van der Waals surface area contributed by atoms with E-state index in [1.165, 1.54) is 6.07 Å². The van der Waals surface area contributed by atoms with Crippen LogP contribution in [0.15, 0.2) is 16.6 Å². The number of anilines is 1. The molecule has 1 nitrogen and oxygen atoms in total. The summed E-state index contributed by atoms with van der Waals surface area (Å²) in [7, 11) is 0. The molecule has 1 heterocycles. The molecule has 1 aromatic carbocycles. The van der Waals surface area contributed by atoms with Crippen molar-refractivity contribution in [3.63, 3.8) is 0 Å². The fourth-order valence-electron chi connectivity index (χ4n) is 3.95. The average molecular weight is 298 g/mol. The highest BCUT2D eigenvalue weighted by atomic mass is 79.9. The lowest BCUT2D eigenvalue weighted by Gasteiger charge is -2.14. The van der Waals surface area contributed by atoms with Crippen LogP contribution in [0.4, 0.5) is 10.1 Å². The minimum atomic E-state index is -0.155. The number of hydrogen-bond acceptors (Lipinski definition) is 1. The van der Waals surface area contributed by atoms with Crippen LogP contribution in [0.2, 0.25) is 0 Å². The zero-order valence-corrected chi connectivity index (χ0v) is 12.2. The van der Waals surface area contributed by atoms with E-state index in [0.717, 1.165) is 22.3 Å². The Morgan fingerprint density at radius 3 is 2.29 bits per heavy atom. The molecule has 0 unspecified atom stereocenters. The third-order valence-corrected chi connectivity index (χ3v) is 6.30. The highest BCUT2D eigenvalue weighted by Gasteiger charge is 2.79. The quantitative estimate of drug-likeness (QED) is 0.752. The van der Waals surface area contributed by atoms with Gasteiger partial charge in [0, 0.05) is 16.4 Å². The van der Waals surface area contributed by atoms with Crippen LogP contribution >= 0.6 is 15.9 Å². The number of benzene rings is 1. The first-order chi connectivity index (χ1) is 7.75. The van der Waals surface area contributed by atoms with E-state index in [2.05, 4.69) is 48.9 Å². The second-order valence-electron chi connectivity index (χ2n) is 6.32. The molecule has 92 valence electrons. The lowest BCUT2D eigenvalue weighted by molar-refractivity contribution is 0.457. The summed E-state index contributed by atoms with van der Waals surface area (Å²) in [6.07, 6.45) is 0. The lowest BCUT2D eigenvalue weighted by Crippen LogP contribution is -2.19. The van der Waals surface area contributed by atoms with Gasteiger partial charge in [-0.2, -0.15) is 0 Å². The van der Waals surface area contributed by atoms with Gasteiger partial charge in [0.05, 0.1) is 5.69 Å². The van der Waals surface area contributed by atoms with Crippen LogP contribution in [0.25, 0.3) is 0 Å². The van der Waals surface area contributed by atoms with Crippen LogP contribution in [0.3, 0.4) is 0 Å². The van der Waals surface area contributed by atoms with E-state index in [4.69, 9.17) is 0 Å². The van der Waals surface area contributed by atoms with Crippen molar-refractivity contribution in [2.24, 2.45) is 10.8 Å². The second kappa shape index (κ2) is 2.87. The Morgan fingerprint density at radius 2 is 1.76 bits per heavy atom. The first kappa shape index (κ1) is 11.5. The van der Waals surface area contributed by atoms with Crippen molar-refractivity contribution < 1.29 is 4.39 Å². The zero-order chi connectivity index (χ0) is 12.6. The van der Waals surface area contributed by atoms with E-state index < -0.39 is 0 Å². The van der Waals surface area contributed by atoms with Crippen LogP contribution in [0.1, 0.15) is 33.3 Å². The molecule has 1 aliphatic carbocycles. The molecule has 17 heavy (non-hydrogen) atoms. The van der Waals surface area contributed by atoms with Crippen molar-refractivity contribution >= 4 is 21.6 Å². The Labute approximate surface area is 110 Å². The van der Waals surface area contributed by atoms with Crippen LogP contribution < -0.4 is 5.32 Å². The fourth-order valence-corrected chi connectivity index (χ4v) is 4.52. The van der Waals surface area contributed by atoms with Gasteiger partial charge in [0.1, 0.15) is 5.82 Å². The molecule has 0 atom stereocenters. The van der Waals surface area contributed by atoms with Crippen molar-refractivity contribution in [3.8, 4) is 0 Å². The van der Waals surface area contributed by atoms with Gasteiger partial charge in [-0.3, -0.25) is 0 Å². The molecule has 2 aliphatic rings. The third kappa shape index (κ3) is 1.01. The number of fused-ring (bicyclic) bond motifs is 2. The summed E-state index contributed by atoms with van der Waals surface area (Å²) in [5.74, 6) is -0.155. The summed E-state index contributed by atoms with van der Waals surface area (Å²) in [6, 6.07) is 3.24. The lowest BCUT2D eigenvalue weighted by atomic mass is 9.88. The minimum absolute atomic E-state index is 0.0694. The van der Waals surface area contributed by atoms with Gasteiger partial charge in [-0.15, -0.1) is 0 Å². The highest BCUT2D eigenvalue weighted by Crippen LogP contribution is 2.80. The van der Waals surface area contributed by atoms with Gasteiger partial charge in [0.25, 0.3) is 0 Å². The topological polar surface area (TPSA) is 12.0 Å². The van der Waals surface area contributed by atoms with Gasteiger partial charge in [-0.05, 0) is 44.5 Å². The summed E-state index contributed by atoms with van der Waals surface area (Å²) in [5.41, 5.74) is 2.68. The molecule has 1 aromatic rings. The summed E-state index contributed by atoms with van der Waals surface area (Å²) in [4.78, 5) is 0. The smallest absolute Gasteiger partial charge is 0.124 e. The average Bonchev–Trinajstić information content (AvgIpc) is 2.53. The van der Waals surface area contributed by atoms with Crippen molar-refractivity contribution in [1.29, 1.82) is 0 Å². The van der Waals surface area contributed by atoms with Gasteiger partial charge >= 0.3 is 0 Å². The number of halogens is 2. The van der Waals surface area contributed by atoms with E-state index in [9.17, 15) is 4.39 Å². The largest absolute Gasteiger partial charge is 0.383 e. The van der Waals surface area contributed by atoms with E-state index in [1.807, 2.05) is 0 Å². The molecular formula is C14H17BrFN. The monoisotopic (exact) mass is 297 g/mol. The molecule has 1 spiro atoms. The molecule has 1 fully saturated rings. The Bertz CT molecular complexity index is 505. The maximum atomic E-state index is 13.6. The predicted octanol–water partition coefficient (Wildman–Crippen LogP) is 4.32. The molecule has 1 N–H and O–H groups in total.